The molecule has 4 fully saturated rings. The van der Waals surface area contributed by atoms with Crippen LogP contribution in [-0.2, 0) is 0 Å². The maximum Gasteiger partial charge on any atom is 0.167 e. The van der Waals surface area contributed by atoms with E-state index < -0.39 is 0 Å². The number of anilines is 1. The van der Waals surface area contributed by atoms with E-state index in [2.05, 4.69) is 21.6 Å². The summed E-state index contributed by atoms with van der Waals surface area (Å²) < 4.78 is 0. The minimum absolute atomic E-state index is 0.191. The molecule has 0 atom stereocenters. The molecule has 1 aromatic rings. The number of hydrogen-bond donors (Lipinski definition) is 1. The van der Waals surface area contributed by atoms with Gasteiger partial charge >= 0.3 is 0 Å². The summed E-state index contributed by atoms with van der Waals surface area (Å²) in [6, 6.07) is 3.96. The quantitative estimate of drug-likeness (QED) is 0.881. The summed E-state index contributed by atoms with van der Waals surface area (Å²) >= 11 is 0. The van der Waals surface area contributed by atoms with Gasteiger partial charge in [-0.3, -0.25) is 0 Å². The second-order valence-electron chi connectivity index (χ2n) is 6.73. The molecule has 1 aromatic heterocycles. The van der Waals surface area contributed by atoms with Gasteiger partial charge < -0.3 is 5.32 Å². The van der Waals surface area contributed by atoms with Crippen molar-refractivity contribution in [1.82, 2.24) is 10.2 Å². The lowest BCUT2D eigenvalue weighted by Crippen LogP contribution is -2.55. The highest BCUT2D eigenvalue weighted by molar-refractivity contribution is 5.52. The molecule has 0 aromatic carbocycles. The smallest absolute Gasteiger partial charge is 0.167 e. The molecule has 4 bridgehead atoms. The second kappa shape index (κ2) is 3.93. The van der Waals surface area contributed by atoms with Crippen molar-refractivity contribution in [1.29, 1.82) is 5.26 Å². The highest BCUT2D eigenvalue weighted by atomic mass is 15.2. The molecule has 4 heteroatoms. The Balaban J connectivity index is 1.64. The Kier molecular flexibility index (Phi) is 2.32. The molecule has 4 saturated carbocycles. The minimum Gasteiger partial charge on any atom is -0.362 e. The van der Waals surface area contributed by atoms with Crippen LogP contribution < -0.4 is 5.32 Å². The molecule has 4 nitrogen and oxygen atoms in total. The van der Waals surface area contributed by atoms with Crippen molar-refractivity contribution in [3.05, 3.63) is 17.8 Å². The third kappa shape index (κ3) is 1.80. The third-order valence-corrected chi connectivity index (χ3v) is 5.26. The van der Waals surface area contributed by atoms with E-state index in [4.69, 9.17) is 0 Å². The zero-order valence-corrected chi connectivity index (χ0v) is 11.0. The van der Waals surface area contributed by atoms with Crippen LogP contribution in [0, 0.1) is 29.1 Å². The lowest BCUT2D eigenvalue weighted by Gasteiger charge is -2.57. The molecule has 4 aliphatic carbocycles. The molecule has 0 spiro atoms. The number of hydrogen-bond acceptors (Lipinski definition) is 4. The number of rotatable bonds is 2. The molecule has 0 radical (unpaired) electrons. The summed E-state index contributed by atoms with van der Waals surface area (Å²) in [7, 11) is 0. The first-order chi connectivity index (χ1) is 9.26. The first-order valence-electron chi connectivity index (χ1n) is 7.26. The van der Waals surface area contributed by atoms with Crippen LogP contribution in [0.15, 0.2) is 12.3 Å². The van der Waals surface area contributed by atoms with Crippen LogP contribution in [0.5, 0.6) is 0 Å². The van der Waals surface area contributed by atoms with Gasteiger partial charge in [0.2, 0.25) is 0 Å². The average Bonchev–Trinajstić information content (AvgIpc) is 2.37. The second-order valence-corrected chi connectivity index (χ2v) is 6.73. The van der Waals surface area contributed by atoms with Crippen LogP contribution in [0.2, 0.25) is 0 Å². The topological polar surface area (TPSA) is 61.6 Å². The van der Waals surface area contributed by atoms with Crippen molar-refractivity contribution in [3.63, 3.8) is 0 Å². The van der Waals surface area contributed by atoms with Crippen LogP contribution in [-0.4, -0.2) is 15.7 Å². The van der Waals surface area contributed by atoms with E-state index in [0.29, 0.717) is 11.4 Å². The molecule has 19 heavy (non-hydrogen) atoms. The lowest BCUT2D eigenvalue weighted by atomic mass is 9.53. The average molecular weight is 254 g/mol. The zero-order valence-electron chi connectivity index (χ0n) is 11.0. The van der Waals surface area contributed by atoms with E-state index in [1.165, 1.54) is 38.5 Å². The summed E-state index contributed by atoms with van der Waals surface area (Å²) in [5.41, 5.74) is 0.807. The van der Waals surface area contributed by atoms with Crippen LogP contribution >= 0.6 is 0 Å². The van der Waals surface area contributed by atoms with Crippen molar-refractivity contribution >= 4 is 5.82 Å². The Hall–Kier alpha value is -1.63. The van der Waals surface area contributed by atoms with Gasteiger partial charge in [-0.05, 0) is 62.3 Å². The Bertz CT molecular complexity index is 510. The van der Waals surface area contributed by atoms with Gasteiger partial charge in [0, 0.05) is 5.54 Å². The minimum atomic E-state index is 0.191. The van der Waals surface area contributed by atoms with E-state index in [9.17, 15) is 5.26 Å². The van der Waals surface area contributed by atoms with E-state index in [0.717, 1.165) is 17.8 Å². The SMILES string of the molecule is N#Cc1ccnnc1NC12CC3CC(CC(C3)C1)C2. The van der Waals surface area contributed by atoms with Gasteiger partial charge in [-0.1, -0.05) is 0 Å². The summed E-state index contributed by atoms with van der Waals surface area (Å²) in [6.07, 6.45) is 9.61. The van der Waals surface area contributed by atoms with Crippen molar-refractivity contribution in [2.24, 2.45) is 17.8 Å². The monoisotopic (exact) mass is 254 g/mol. The normalized spacial score (nSPS) is 39.0. The van der Waals surface area contributed by atoms with Crippen LogP contribution in [0.1, 0.15) is 44.1 Å². The molecule has 0 amide bonds. The van der Waals surface area contributed by atoms with Crippen molar-refractivity contribution in [2.45, 2.75) is 44.1 Å². The van der Waals surface area contributed by atoms with Crippen molar-refractivity contribution in [3.8, 4) is 6.07 Å². The van der Waals surface area contributed by atoms with Crippen molar-refractivity contribution in [2.75, 3.05) is 5.32 Å². The Morgan fingerprint density at radius 1 is 1.16 bits per heavy atom. The summed E-state index contributed by atoms with van der Waals surface area (Å²) in [6.45, 7) is 0. The fraction of sp³-hybridized carbons (Fsp3) is 0.667. The van der Waals surface area contributed by atoms with Gasteiger partial charge in [-0.2, -0.15) is 10.4 Å². The standard InChI is InChI=1S/C15H18N4/c16-9-13-1-2-17-19-14(13)18-15-6-10-3-11(7-15)5-12(4-10)8-15/h1-2,10-12H,3-8H2,(H,18,19). The van der Waals surface area contributed by atoms with E-state index >= 15 is 0 Å². The van der Waals surface area contributed by atoms with Gasteiger partial charge in [-0.25, -0.2) is 0 Å². The van der Waals surface area contributed by atoms with Gasteiger partial charge in [0.15, 0.2) is 5.82 Å². The zero-order chi connectivity index (χ0) is 12.9. The molecule has 5 rings (SSSR count). The Morgan fingerprint density at radius 3 is 2.37 bits per heavy atom. The molecule has 98 valence electrons. The molecule has 0 aliphatic heterocycles. The largest absolute Gasteiger partial charge is 0.362 e. The third-order valence-electron chi connectivity index (χ3n) is 5.26. The van der Waals surface area contributed by atoms with Gasteiger partial charge in [0.1, 0.15) is 6.07 Å². The van der Waals surface area contributed by atoms with Gasteiger partial charge in [-0.15, -0.1) is 5.10 Å². The van der Waals surface area contributed by atoms with Crippen LogP contribution in [0.3, 0.4) is 0 Å². The number of aromatic nitrogens is 2. The molecule has 1 heterocycles. The summed E-state index contributed by atoms with van der Waals surface area (Å²) in [5.74, 6) is 3.36. The molecule has 0 saturated heterocycles. The van der Waals surface area contributed by atoms with Crippen LogP contribution in [0.25, 0.3) is 0 Å². The van der Waals surface area contributed by atoms with E-state index in [1.807, 2.05) is 0 Å². The Labute approximate surface area is 113 Å². The molecular formula is C15H18N4. The van der Waals surface area contributed by atoms with E-state index in [1.54, 1.807) is 12.3 Å². The number of nitrogens with zero attached hydrogens (tertiary/aromatic N) is 3. The van der Waals surface area contributed by atoms with Crippen molar-refractivity contribution < 1.29 is 0 Å². The summed E-state index contributed by atoms with van der Waals surface area (Å²) in [5, 5.41) is 20.9. The lowest BCUT2D eigenvalue weighted by molar-refractivity contribution is 0.0105. The fourth-order valence-electron chi connectivity index (χ4n) is 5.03. The Morgan fingerprint density at radius 2 is 1.79 bits per heavy atom. The molecule has 4 aliphatic rings. The first-order valence-corrected chi connectivity index (χ1v) is 7.26. The molecule has 1 N–H and O–H groups in total. The van der Waals surface area contributed by atoms with E-state index in [-0.39, 0.29) is 5.54 Å². The fourth-order valence-corrected chi connectivity index (χ4v) is 5.03. The number of nitrogens with one attached hydrogen (secondary N) is 1. The van der Waals surface area contributed by atoms with Crippen LogP contribution in [0.4, 0.5) is 5.82 Å². The predicted octanol–water partition coefficient (Wildman–Crippen LogP) is 2.73. The highest BCUT2D eigenvalue weighted by Gasteiger charge is 2.51. The predicted molar refractivity (Wildman–Crippen MR) is 71.3 cm³/mol. The van der Waals surface area contributed by atoms with Gasteiger partial charge in [0.05, 0.1) is 11.8 Å². The summed E-state index contributed by atoms with van der Waals surface area (Å²) in [4.78, 5) is 0. The number of nitriles is 1. The first kappa shape index (κ1) is 11.2. The maximum absolute atomic E-state index is 9.17. The van der Waals surface area contributed by atoms with Gasteiger partial charge in [0.25, 0.3) is 0 Å². The molecule has 0 unspecified atom stereocenters. The highest BCUT2D eigenvalue weighted by Crippen LogP contribution is 2.56. The molecular weight excluding hydrogens is 236 g/mol. The maximum atomic E-state index is 9.17.